The van der Waals surface area contributed by atoms with Crippen molar-refractivity contribution in [2.45, 2.75) is 16.7 Å². The summed E-state index contributed by atoms with van der Waals surface area (Å²) in [5.74, 6) is 12.4. The van der Waals surface area contributed by atoms with Crippen molar-refractivity contribution in [2.75, 3.05) is 6.61 Å². The van der Waals surface area contributed by atoms with Gasteiger partial charge in [-0.1, -0.05) is 58.6 Å². The van der Waals surface area contributed by atoms with Crippen molar-refractivity contribution in [1.82, 2.24) is 0 Å². The summed E-state index contributed by atoms with van der Waals surface area (Å²) in [6.07, 6.45) is 0. The van der Waals surface area contributed by atoms with Crippen molar-refractivity contribution in [2.24, 2.45) is 0 Å². The van der Waals surface area contributed by atoms with Crippen LogP contribution in [0.3, 0.4) is 0 Å². The predicted molar refractivity (Wildman–Crippen MR) is 150 cm³/mol. The fourth-order valence-corrected chi connectivity index (χ4v) is 4.55. The minimum atomic E-state index is -1.01. The second-order valence-corrected chi connectivity index (χ2v) is 9.99. The fourth-order valence-electron chi connectivity index (χ4n) is 3.28. The van der Waals surface area contributed by atoms with E-state index in [0.29, 0.717) is 15.8 Å². The van der Waals surface area contributed by atoms with Crippen LogP contribution in [0.25, 0.3) is 0 Å². The van der Waals surface area contributed by atoms with E-state index in [4.69, 9.17) is 33.0 Å². The van der Waals surface area contributed by atoms with Gasteiger partial charge in [-0.05, 0) is 97.4 Å². The Morgan fingerprint density at radius 1 is 0.730 bits per heavy atom. The molecule has 3 nitrogen and oxygen atoms in total. The summed E-state index contributed by atoms with van der Waals surface area (Å²) in [5, 5.41) is 10.2. The molecule has 4 aromatic carbocycles. The molecule has 0 fully saturated rings. The standard InChI is InChI=1S/C31H20Cl2O3S/c1-21-16-28(14-15-30(21)36-20-31(34)35)37-29-18-24(4-2-22-6-10-26(32)11-7-22)17-25(19-29)5-3-23-8-12-27(33)13-9-23/h6-19H,20H2,1H3,(H,34,35). The Morgan fingerprint density at radius 2 is 1.24 bits per heavy atom. The van der Waals surface area contributed by atoms with Gasteiger partial charge in [0, 0.05) is 42.1 Å². The zero-order valence-corrected chi connectivity index (χ0v) is 22.0. The van der Waals surface area contributed by atoms with Crippen LogP contribution in [0, 0.1) is 30.6 Å². The number of hydrogen-bond donors (Lipinski definition) is 1. The van der Waals surface area contributed by atoms with Gasteiger partial charge in [0.15, 0.2) is 6.61 Å². The SMILES string of the molecule is Cc1cc(Sc2cc(C#Cc3ccc(Cl)cc3)cc(C#Cc3ccc(Cl)cc3)c2)ccc1OCC(=O)O. The molecule has 1 N–H and O–H groups in total. The molecule has 37 heavy (non-hydrogen) atoms. The lowest BCUT2D eigenvalue weighted by molar-refractivity contribution is -0.139. The van der Waals surface area contributed by atoms with E-state index in [1.165, 1.54) is 0 Å². The molecule has 0 radical (unpaired) electrons. The molecule has 0 aliphatic rings. The van der Waals surface area contributed by atoms with E-state index in [0.717, 1.165) is 37.6 Å². The smallest absolute Gasteiger partial charge is 0.341 e. The molecular formula is C31H20Cl2O3S. The van der Waals surface area contributed by atoms with Gasteiger partial charge in [0.2, 0.25) is 0 Å². The molecule has 0 amide bonds. The monoisotopic (exact) mass is 542 g/mol. The fraction of sp³-hybridized carbons (Fsp3) is 0.0645. The van der Waals surface area contributed by atoms with Crippen molar-refractivity contribution in [3.05, 3.63) is 123 Å². The normalized spacial score (nSPS) is 10.0. The Labute approximate surface area is 230 Å². The Morgan fingerprint density at radius 3 is 1.73 bits per heavy atom. The number of carbonyl (C=O) groups is 1. The molecule has 182 valence electrons. The molecule has 0 spiro atoms. The predicted octanol–water partition coefficient (Wildman–Crippen LogP) is 7.72. The number of carboxylic acid groups (broad SMARTS) is 1. The highest BCUT2D eigenvalue weighted by Crippen LogP contribution is 2.32. The second kappa shape index (κ2) is 12.4. The van der Waals surface area contributed by atoms with Crippen LogP contribution >= 0.6 is 35.0 Å². The van der Waals surface area contributed by atoms with E-state index in [2.05, 4.69) is 23.7 Å². The summed E-state index contributed by atoms with van der Waals surface area (Å²) in [4.78, 5) is 12.8. The lowest BCUT2D eigenvalue weighted by atomic mass is 10.1. The molecule has 6 heteroatoms. The maximum Gasteiger partial charge on any atom is 0.341 e. The molecule has 0 saturated carbocycles. The van der Waals surface area contributed by atoms with E-state index in [9.17, 15) is 4.79 Å². The van der Waals surface area contributed by atoms with Gasteiger partial charge in [-0.25, -0.2) is 4.79 Å². The molecule has 0 heterocycles. The number of benzene rings is 4. The minimum absolute atomic E-state index is 0.378. The molecule has 0 aliphatic carbocycles. The highest BCUT2D eigenvalue weighted by Gasteiger charge is 2.07. The van der Waals surface area contributed by atoms with Gasteiger partial charge >= 0.3 is 5.97 Å². The van der Waals surface area contributed by atoms with Crippen molar-refractivity contribution in [3.8, 4) is 29.4 Å². The first-order valence-electron chi connectivity index (χ1n) is 11.2. The van der Waals surface area contributed by atoms with Crippen molar-refractivity contribution in [3.63, 3.8) is 0 Å². The van der Waals surface area contributed by atoms with Gasteiger partial charge in [0.25, 0.3) is 0 Å². The van der Waals surface area contributed by atoms with Gasteiger partial charge in [-0.3, -0.25) is 0 Å². The molecule has 0 bridgehead atoms. The lowest BCUT2D eigenvalue weighted by Crippen LogP contribution is -2.09. The number of ether oxygens (including phenoxy) is 1. The first-order chi connectivity index (χ1) is 17.8. The molecule has 4 rings (SSSR count). The van der Waals surface area contributed by atoms with Crippen LogP contribution in [0.1, 0.15) is 27.8 Å². The topological polar surface area (TPSA) is 46.5 Å². The van der Waals surface area contributed by atoms with E-state index < -0.39 is 5.97 Å². The number of rotatable bonds is 5. The molecule has 0 aliphatic heterocycles. The summed E-state index contributed by atoms with van der Waals surface area (Å²) in [6.45, 7) is 1.51. The zero-order valence-electron chi connectivity index (χ0n) is 19.7. The summed E-state index contributed by atoms with van der Waals surface area (Å²) in [5.41, 5.74) is 4.25. The zero-order chi connectivity index (χ0) is 26.2. The molecular weight excluding hydrogens is 523 g/mol. The molecule has 0 saturated heterocycles. The van der Waals surface area contributed by atoms with Crippen molar-refractivity contribution < 1.29 is 14.6 Å². The summed E-state index contributed by atoms with van der Waals surface area (Å²) in [6, 6.07) is 26.4. The second-order valence-electron chi connectivity index (χ2n) is 7.97. The third-order valence-electron chi connectivity index (χ3n) is 5.03. The van der Waals surface area contributed by atoms with Crippen LogP contribution in [0.15, 0.2) is 94.7 Å². The average Bonchev–Trinajstić information content (AvgIpc) is 2.87. The molecule has 4 aromatic rings. The van der Waals surface area contributed by atoms with E-state index in [1.807, 2.05) is 85.8 Å². The largest absolute Gasteiger partial charge is 0.482 e. The van der Waals surface area contributed by atoms with Crippen molar-refractivity contribution >= 4 is 40.9 Å². The van der Waals surface area contributed by atoms with Gasteiger partial charge < -0.3 is 9.84 Å². The van der Waals surface area contributed by atoms with E-state index >= 15 is 0 Å². The quantitative estimate of drug-likeness (QED) is 0.262. The summed E-state index contributed by atoms with van der Waals surface area (Å²) < 4.78 is 5.34. The van der Waals surface area contributed by atoms with Gasteiger partial charge in [-0.2, -0.15) is 0 Å². The highest BCUT2D eigenvalue weighted by atomic mass is 35.5. The molecule has 0 unspecified atom stereocenters. The van der Waals surface area contributed by atoms with Crippen LogP contribution < -0.4 is 4.74 Å². The van der Waals surface area contributed by atoms with Gasteiger partial charge in [0.05, 0.1) is 0 Å². The Hall–Kier alpha value is -3.80. The number of carboxylic acids is 1. The van der Waals surface area contributed by atoms with Crippen LogP contribution in [0.5, 0.6) is 5.75 Å². The Balaban J connectivity index is 1.64. The van der Waals surface area contributed by atoms with Crippen LogP contribution in [-0.4, -0.2) is 17.7 Å². The minimum Gasteiger partial charge on any atom is -0.482 e. The maximum atomic E-state index is 10.8. The van der Waals surface area contributed by atoms with Gasteiger partial charge in [0.1, 0.15) is 5.75 Å². The number of aliphatic carboxylic acids is 1. The lowest BCUT2D eigenvalue weighted by Gasteiger charge is -2.09. The molecule has 0 atom stereocenters. The van der Waals surface area contributed by atoms with E-state index in [-0.39, 0.29) is 6.61 Å². The highest BCUT2D eigenvalue weighted by molar-refractivity contribution is 7.99. The van der Waals surface area contributed by atoms with Crippen molar-refractivity contribution in [1.29, 1.82) is 0 Å². The number of aryl methyl sites for hydroxylation is 1. The molecule has 0 aromatic heterocycles. The Bertz CT molecular complexity index is 1470. The van der Waals surface area contributed by atoms with Crippen LogP contribution in [0.2, 0.25) is 10.0 Å². The number of hydrogen-bond acceptors (Lipinski definition) is 3. The van der Waals surface area contributed by atoms with E-state index in [1.54, 1.807) is 17.8 Å². The number of halogens is 2. The average molecular weight is 543 g/mol. The maximum absolute atomic E-state index is 10.8. The Kier molecular flexibility index (Phi) is 8.83. The van der Waals surface area contributed by atoms with Gasteiger partial charge in [-0.15, -0.1) is 0 Å². The first-order valence-corrected chi connectivity index (χ1v) is 12.7. The van der Waals surface area contributed by atoms with Crippen LogP contribution in [-0.2, 0) is 4.79 Å². The third-order valence-corrected chi connectivity index (χ3v) is 6.50. The third kappa shape index (κ3) is 8.10. The summed E-state index contributed by atoms with van der Waals surface area (Å²) in [7, 11) is 0. The van der Waals surface area contributed by atoms with Crippen LogP contribution in [0.4, 0.5) is 0 Å². The first kappa shape index (κ1) is 26.3. The summed E-state index contributed by atoms with van der Waals surface area (Å²) >= 11 is 13.5.